The first-order valence-corrected chi connectivity index (χ1v) is 6.33. The molecule has 0 unspecified atom stereocenters. The molecule has 0 aromatic rings. The lowest BCUT2D eigenvalue weighted by molar-refractivity contribution is 0.702. The van der Waals surface area contributed by atoms with Gasteiger partial charge >= 0.3 is 0 Å². The molecule has 0 rings (SSSR count). The quantitative estimate of drug-likeness (QED) is 0.478. The second-order valence-electron chi connectivity index (χ2n) is 3.06. The van der Waals surface area contributed by atoms with Gasteiger partial charge in [0.1, 0.15) is 0 Å². The average molecular weight is 188 g/mol. The Morgan fingerprint density at radius 2 is 0.692 bits per heavy atom. The van der Waals surface area contributed by atoms with Gasteiger partial charge in [-0.3, -0.25) is 0 Å². The molecule has 0 aliphatic rings. The summed E-state index contributed by atoms with van der Waals surface area (Å²) in [5, 5.41) is 0. The van der Waals surface area contributed by atoms with Crippen molar-refractivity contribution >= 4 is 0 Å². The van der Waals surface area contributed by atoms with Crippen molar-refractivity contribution in [3.05, 3.63) is 0 Å². The molecular weight excluding hydrogens is 156 g/mol. The summed E-state index contributed by atoms with van der Waals surface area (Å²) in [7, 11) is 0. The monoisotopic (exact) mass is 188 g/mol. The molecular formula is C13H32. The fraction of sp³-hybridized carbons (Fsp3) is 1.00. The van der Waals surface area contributed by atoms with Crippen LogP contribution >= 0.6 is 0 Å². The number of rotatable bonds is 5. The van der Waals surface area contributed by atoms with E-state index in [0.717, 1.165) is 0 Å². The van der Waals surface area contributed by atoms with E-state index in [4.69, 9.17) is 0 Å². The Bertz CT molecular complexity index is 33.3. The maximum atomic E-state index is 2.23. The molecule has 13 heavy (non-hydrogen) atoms. The van der Waals surface area contributed by atoms with Crippen molar-refractivity contribution in [1.82, 2.24) is 0 Å². The highest BCUT2D eigenvalue weighted by atomic mass is 13.8. The van der Waals surface area contributed by atoms with Crippen LogP contribution in [0.15, 0.2) is 0 Å². The van der Waals surface area contributed by atoms with Crippen LogP contribution in [0.3, 0.4) is 0 Å². The van der Waals surface area contributed by atoms with Crippen molar-refractivity contribution in [2.75, 3.05) is 0 Å². The summed E-state index contributed by atoms with van der Waals surface area (Å²) in [6.45, 7) is 12.9. The summed E-state index contributed by atoms with van der Waals surface area (Å²) in [6, 6.07) is 0. The van der Waals surface area contributed by atoms with E-state index in [1.807, 2.05) is 13.8 Å². The number of unbranched alkanes of at least 4 members (excludes halogenated alkanes) is 5. The van der Waals surface area contributed by atoms with Crippen LogP contribution in [0.25, 0.3) is 0 Å². The van der Waals surface area contributed by atoms with E-state index < -0.39 is 0 Å². The van der Waals surface area contributed by atoms with Crippen LogP contribution in [0.4, 0.5) is 0 Å². The predicted molar refractivity (Wildman–Crippen MR) is 66.4 cm³/mol. The summed E-state index contributed by atoms with van der Waals surface area (Å²) in [5.41, 5.74) is 0. The molecule has 0 bridgehead atoms. The predicted octanol–water partition coefficient (Wildman–Crippen LogP) is 5.81. The Morgan fingerprint density at radius 1 is 0.462 bits per heavy atom. The molecule has 0 amide bonds. The molecule has 0 heteroatoms. The van der Waals surface area contributed by atoms with Gasteiger partial charge in [-0.1, -0.05) is 86.5 Å². The molecule has 0 nitrogen and oxygen atoms in total. The standard InChI is InChI=1S/C6H14.C5H12.C2H6/c1-3-5-6-4-2;1-3-5-4-2;1-2/h3-6H2,1-2H3;3-5H2,1-2H3;1-2H3. The lowest BCUT2D eigenvalue weighted by Gasteiger charge is -1.86. The first kappa shape index (κ1) is 18.7. The van der Waals surface area contributed by atoms with E-state index in [-0.39, 0.29) is 0 Å². The van der Waals surface area contributed by atoms with Crippen molar-refractivity contribution in [3.8, 4) is 0 Å². The van der Waals surface area contributed by atoms with Gasteiger partial charge in [0.15, 0.2) is 0 Å². The minimum absolute atomic E-state index is 1.34. The van der Waals surface area contributed by atoms with Crippen molar-refractivity contribution in [3.63, 3.8) is 0 Å². The Morgan fingerprint density at radius 3 is 0.769 bits per heavy atom. The van der Waals surface area contributed by atoms with Gasteiger partial charge in [-0.25, -0.2) is 0 Å². The second-order valence-corrected chi connectivity index (χ2v) is 3.06. The van der Waals surface area contributed by atoms with Gasteiger partial charge in [0.05, 0.1) is 0 Å². The molecule has 0 saturated heterocycles. The lowest BCUT2D eigenvalue weighted by Crippen LogP contribution is -1.66. The van der Waals surface area contributed by atoms with Gasteiger partial charge in [0, 0.05) is 0 Å². The van der Waals surface area contributed by atoms with Crippen LogP contribution in [-0.2, 0) is 0 Å². The van der Waals surface area contributed by atoms with E-state index in [0.29, 0.717) is 0 Å². The Kier molecular flexibility index (Phi) is 42.7. The largest absolute Gasteiger partial charge is 0.0683 e. The second kappa shape index (κ2) is 29.6. The van der Waals surface area contributed by atoms with E-state index in [2.05, 4.69) is 27.7 Å². The SMILES string of the molecule is CC.CCCCC.CCCCCC. The van der Waals surface area contributed by atoms with Crippen LogP contribution in [0, 0.1) is 0 Å². The molecule has 0 spiro atoms. The molecule has 0 aromatic heterocycles. The fourth-order valence-corrected chi connectivity index (χ4v) is 0.854. The molecule has 0 aromatic carbocycles. The van der Waals surface area contributed by atoms with Crippen LogP contribution in [-0.4, -0.2) is 0 Å². The molecule has 0 radical (unpaired) electrons. The van der Waals surface area contributed by atoms with Gasteiger partial charge in [0.25, 0.3) is 0 Å². The summed E-state index contributed by atoms with van der Waals surface area (Å²) in [5.74, 6) is 0. The molecule has 0 atom stereocenters. The Hall–Kier alpha value is 0. The third-order valence-corrected chi connectivity index (χ3v) is 1.66. The normalized spacial score (nSPS) is 7.85. The van der Waals surface area contributed by atoms with Gasteiger partial charge < -0.3 is 0 Å². The summed E-state index contributed by atoms with van der Waals surface area (Å²) in [6.07, 6.45) is 9.61. The molecule has 0 aliphatic heterocycles. The molecule has 0 fully saturated rings. The zero-order valence-corrected chi connectivity index (χ0v) is 10.9. The third kappa shape index (κ3) is 48.0. The summed E-state index contributed by atoms with van der Waals surface area (Å²) >= 11 is 0. The zero-order chi connectivity index (χ0) is 10.9. The maximum absolute atomic E-state index is 2.23. The van der Waals surface area contributed by atoms with E-state index in [1.54, 1.807) is 0 Å². The number of hydrogen-bond acceptors (Lipinski definition) is 0. The molecule has 0 N–H and O–H groups in total. The Labute approximate surface area is 87.1 Å². The van der Waals surface area contributed by atoms with Crippen molar-refractivity contribution < 1.29 is 0 Å². The first-order valence-electron chi connectivity index (χ1n) is 6.33. The third-order valence-electron chi connectivity index (χ3n) is 1.66. The van der Waals surface area contributed by atoms with Gasteiger partial charge in [-0.05, 0) is 0 Å². The van der Waals surface area contributed by atoms with Crippen LogP contribution in [0.2, 0.25) is 0 Å². The van der Waals surface area contributed by atoms with Crippen LogP contribution in [0.5, 0.6) is 0 Å². The van der Waals surface area contributed by atoms with Crippen molar-refractivity contribution in [2.45, 2.75) is 86.5 Å². The van der Waals surface area contributed by atoms with Crippen LogP contribution < -0.4 is 0 Å². The first-order chi connectivity index (χ1) is 6.33. The van der Waals surface area contributed by atoms with E-state index in [1.165, 1.54) is 44.9 Å². The smallest absolute Gasteiger partial charge is 0.0536 e. The number of hydrogen-bond donors (Lipinski definition) is 0. The van der Waals surface area contributed by atoms with Crippen LogP contribution in [0.1, 0.15) is 86.5 Å². The highest BCUT2D eigenvalue weighted by Crippen LogP contribution is 1.95. The molecule has 0 saturated carbocycles. The Balaban J connectivity index is -0.000000131. The van der Waals surface area contributed by atoms with E-state index >= 15 is 0 Å². The average Bonchev–Trinajstić information content (AvgIpc) is 2.20. The minimum Gasteiger partial charge on any atom is -0.0683 e. The maximum Gasteiger partial charge on any atom is -0.0536 e. The van der Waals surface area contributed by atoms with E-state index in [9.17, 15) is 0 Å². The minimum atomic E-state index is 1.34. The van der Waals surface area contributed by atoms with Gasteiger partial charge in [-0.2, -0.15) is 0 Å². The van der Waals surface area contributed by atoms with Crippen molar-refractivity contribution in [1.29, 1.82) is 0 Å². The van der Waals surface area contributed by atoms with Gasteiger partial charge in [0.2, 0.25) is 0 Å². The molecule has 0 aliphatic carbocycles. The summed E-state index contributed by atoms with van der Waals surface area (Å²) in [4.78, 5) is 0. The highest BCUT2D eigenvalue weighted by Gasteiger charge is 1.75. The van der Waals surface area contributed by atoms with Gasteiger partial charge in [-0.15, -0.1) is 0 Å². The molecule has 0 heterocycles. The topological polar surface area (TPSA) is 0 Å². The van der Waals surface area contributed by atoms with Crippen molar-refractivity contribution in [2.24, 2.45) is 0 Å². The molecule has 84 valence electrons. The highest BCUT2D eigenvalue weighted by molar-refractivity contribution is 4.31. The zero-order valence-electron chi connectivity index (χ0n) is 10.9. The fourth-order valence-electron chi connectivity index (χ4n) is 0.854. The summed E-state index contributed by atoms with van der Waals surface area (Å²) < 4.78 is 0. The lowest BCUT2D eigenvalue weighted by atomic mass is 10.2.